The number of hydrogen-bond acceptors (Lipinski definition) is 2. The van der Waals surface area contributed by atoms with Gasteiger partial charge in [0.2, 0.25) is 0 Å². The summed E-state index contributed by atoms with van der Waals surface area (Å²) in [5.41, 5.74) is 2.78. The minimum atomic E-state index is 0.531. The zero-order chi connectivity index (χ0) is 13.2. The van der Waals surface area contributed by atoms with E-state index in [-0.39, 0.29) is 0 Å². The highest BCUT2D eigenvalue weighted by Gasteiger charge is 2.26. The summed E-state index contributed by atoms with van der Waals surface area (Å²) >= 11 is 0. The second-order valence-electron chi connectivity index (χ2n) is 5.16. The van der Waals surface area contributed by atoms with E-state index in [1.807, 2.05) is 6.20 Å². The van der Waals surface area contributed by atoms with Crippen LogP contribution in [0.15, 0.2) is 30.6 Å². The van der Waals surface area contributed by atoms with Gasteiger partial charge in [0, 0.05) is 44.3 Å². The Hall–Kier alpha value is -1.55. The molecule has 0 saturated heterocycles. The van der Waals surface area contributed by atoms with Crippen LogP contribution in [0.3, 0.4) is 0 Å². The van der Waals surface area contributed by atoms with Gasteiger partial charge in [-0.2, -0.15) is 5.10 Å². The summed E-state index contributed by atoms with van der Waals surface area (Å²) in [6.07, 6.45) is 5.27. The Bertz CT molecular complexity index is 540. The lowest BCUT2D eigenvalue weighted by molar-refractivity contribution is 0.140. The van der Waals surface area contributed by atoms with Crippen LogP contribution in [0.1, 0.15) is 37.7 Å². The molecule has 1 aliphatic heterocycles. The highest BCUT2D eigenvalue weighted by molar-refractivity contribution is 5.15. The number of aromatic nitrogens is 3. The first kappa shape index (κ1) is 12.5. The van der Waals surface area contributed by atoms with E-state index in [2.05, 4.69) is 57.5 Å². The Balaban J connectivity index is 1.82. The van der Waals surface area contributed by atoms with Gasteiger partial charge in [-0.3, -0.25) is 9.58 Å². The van der Waals surface area contributed by atoms with E-state index in [9.17, 15) is 0 Å². The molecule has 102 valence electrons. The van der Waals surface area contributed by atoms with Crippen LogP contribution < -0.4 is 0 Å². The van der Waals surface area contributed by atoms with Crippen LogP contribution in [0.25, 0.3) is 0 Å². The van der Waals surface area contributed by atoms with Gasteiger partial charge in [0.1, 0.15) is 0 Å². The molecule has 0 spiro atoms. The predicted molar refractivity (Wildman–Crippen MR) is 75.8 cm³/mol. The highest BCUT2D eigenvalue weighted by Crippen LogP contribution is 2.29. The maximum atomic E-state index is 4.37. The van der Waals surface area contributed by atoms with Crippen molar-refractivity contribution < 1.29 is 0 Å². The van der Waals surface area contributed by atoms with Crippen LogP contribution in [0.2, 0.25) is 0 Å². The van der Waals surface area contributed by atoms with Crippen LogP contribution in [0, 0.1) is 0 Å². The fourth-order valence-electron chi connectivity index (χ4n) is 3.16. The van der Waals surface area contributed by atoms with Crippen molar-refractivity contribution in [1.82, 2.24) is 19.2 Å². The molecule has 1 atom stereocenters. The quantitative estimate of drug-likeness (QED) is 0.842. The van der Waals surface area contributed by atoms with Crippen molar-refractivity contribution in [1.29, 1.82) is 0 Å². The molecule has 0 fully saturated rings. The summed E-state index contributed by atoms with van der Waals surface area (Å²) in [6, 6.07) is 7.10. The van der Waals surface area contributed by atoms with Gasteiger partial charge in [0.05, 0.1) is 11.7 Å². The Morgan fingerprint density at radius 1 is 1.26 bits per heavy atom. The van der Waals surface area contributed by atoms with Gasteiger partial charge < -0.3 is 4.57 Å². The van der Waals surface area contributed by atoms with E-state index < -0.39 is 0 Å². The van der Waals surface area contributed by atoms with E-state index in [1.165, 1.54) is 11.4 Å². The summed E-state index contributed by atoms with van der Waals surface area (Å²) in [6.45, 7) is 8.58. The molecule has 0 aromatic carbocycles. The van der Waals surface area contributed by atoms with Crippen molar-refractivity contribution in [2.24, 2.45) is 0 Å². The molecule has 3 rings (SSSR count). The van der Waals surface area contributed by atoms with Crippen LogP contribution >= 0.6 is 0 Å². The molecule has 3 heterocycles. The summed E-state index contributed by atoms with van der Waals surface area (Å²) in [4.78, 5) is 2.58. The van der Waals surface area contributed by atoms with Crippen molar-refractivity contribution in [2.75, 3.05) is 6.54 Å². The summed E-state index contributed by atoms with van der Waals surface area (Å²) < 4.78 is 4.49. The van der Waals surface area contributed by atoms with Crippen LogP contribution in [0.4, 0.5) is 0 Å². The lowest BCUT2D eigenvalue weighted by Gasteiger charge is -2.36. The first-order valence-electron chi connectivity index (χ1n) is 7.23. The number of hydrogen-bond donors (Lipinski definition) is 0. The average molecular weight is 258 g/mol. The van der Waals surface area contributed by atoms with Crippen molar-refractivity contribution in [2.45, 2.75) is 45.9 Å². The van der Waals surface area contributed by atoms with Crippen LogP contribution in [0.5, 0.6) is 0 Å². The molecule has 2 aromatic heterocycles. The third kappa shape index (κ3) is 2.21. The number of fused-ring (bicyclic) bond motifs is 1. The molecule has 0 radical (unpaired) electrons. The monoisotopic (exact) mass is 258 g/mol. The first-order chi connectivity index (χ1) is 9.33. The molecule has 0 N–H and O–H groups in total. The van der Waals surface area contributed by atoms with Crippen LogP contribution in [-0.2, 0) is 19.6 Å². The fourth-order valence-corrected chi connectivity index (χ4v) is 3.16. The molecule has 0 bridgehead atoms. The third-order valence-electron chi connectivity index (χ3n) is 4.13. The summed E-state index contributed by atoms with van der Waals surface area (Å²) in [7, 11) is 0. The van der Waals surface area contributed by atoms with Crippen LogP contribution in [-0.4, -0.2) is 25.8 Å². The lowest BCUT2D eigenvalue weighted by atomic mass is 10.1. The van der Waals surface area contributed by atoms with Gasteiger partial charge in [-0.1, -0.05) is 6.92 Å². The Kier molecular flexibility index (Phi) is 3.42. The van der Waals surface area contributed by atoms with E-state index in [1.54, 1.807) is 0 Å². The maximum Gasteiger partial charge on any atom is 0.0524 e. The third-order valence-corrected chi connectivity index (χ3v) is 4.13. The molecular formula is C15H22N4. The fraction of sp³-hybridized carbons (Fsp3) is 0.533. The van der Waals surface area contributed by atoms with Crippen molar-refractivity contribution in [3.8, 4) is 0 Å². The molecule has 0 aliphatic carbocycles. The van der Waals surface area contributed by atoms with Gasteiger partial charge in [-0.05, 0) is 31.5 Å². The number of rotatable bonds is 4. The standard InChI is InChI=1S/C15H22N4/c1-3-14-15-6-5-9-17(15)10-11-18(14)12-13-7-8-16-19(13)4-2/h5-9,14H,3-4,10-12H2,1-2H3/t14-/m1/s1. The van der Waals surface area contributed by atoms with Crippen molar-refractivity contribution in [3.05, 3.63) is 42.0 Å². The molecule has 2 aromatic rings. The van der Waals surface area contributed by atoms with Gasteiger partial charge in [0.15, 0.2) is 0 Å². The molecule has 0 saturated carbocycles. The minimum absolute atomic E-state index is 0.531. The van der Waals surface area contributed by atoms with Gasteiger partial charge in [-0.25, -0.2) is 0 Å². The molecular weight excluding hydrogens is 236 g/mol. The Morgan fingerprint density at radius 3 is 2.95 bits per heavy atom. The molecule has 0 unspecified atom stereocenters. The molecule has 19 heavy (non-hydrogen) atoms. The van der Waals surface area contributed by atoms with Gasteiger partial charge in [-0.15, -0.1) is 0 Å². The minimum Gasteiger partial charge on any atom is -0.349 e. The molecule has 4 nitrogen and oxygen atoms in total. The second kappa shape index (κ2) is 5.21. The van der Waals surface area contributed by atoms with E-state index in [4.69, 9.17) is 0 Å². The largest absolute Gasteiger partial charge is 0.349 e. The SMILES string of the molecule is CC[C@@H]1c2cccn2CCN1Cc1ccnn1CC. The average Bonchev–Trinajstić information content (AvgIpc) is 3.06. The number of nitrogens with zero attached hydrogens (tertiary/aromatic N) is 4. The molecule has 1 aliphatic rings. The van der Waals surface area contributed by atoms with Gasteiger partial charge >= 0.3 is 0 Å². The smallest absolute Gasteiger partial charge is 0.0524 e. The summed E-state index contributed by atoms with van der Waals surface area (Å²) in [5, 5.41) is 4.37. The van der Waals surface area contributed by atoms with Crippen molar-refractivity contribution in [3.63, 3.8) is 0 Å². The second-order valence-corrected chi connectivity index (χ2v) is 5.16. The Labute approximate surface area is 114 Å². The first-order valence-corrected chi connectivity index (χ1v) is 7.23. The predicted octanol–water partition coefficient (Wildman–Crippen LogP) is 2.67. The topological polar surface area (TPSA) is 26.0 Å². The highest BCUT2D eigenvalue weighted by atomic mass is 15.3. The van der Waals surface area contributed by atoms with E-state index in [0.717, 1.165) is 32.6 Å². The van der Waals surface area contributed by atoms with E-state index >= 15 is 0 Å². The van der Waals surface area contributed by atoms with E-state index in [0.29, 0.717) is 6.04 Å². The summed E-state index contributed by atoms with van der Waals surface area (Å²) in [5.74, 6) is 0. The normalized spacial score (nSPS) is 19.6. The maximum absolute atomic E-state index is 4.37. The molecule has 0 amide bonds. The number of aryl methyl sites for hydroxylation is 1. The van der Waals surface area contributed by atoms with Crippen molar-refractivity contribution >= 4 is 0 Å². The Morgan fingerprint density at radius 2 is 2.16 bits per heavy atom. The molecule has 4 heteroatoms. The lowest BCUT2D eigenvalue weighted by Crippen LogP contribution is -2.37. The zero-order valence-electron chi connectivity index (χ0n) is 11.8. The zero-order valence-corrected chi connectivity index (χ0v) is 11.8. The van der Waals surface area contributed by atoms with Gasteiger partial charge in [0.25, 0.3) is 0 Å².